The normalized spacial score (nSPS) is 16.2. The van der Waals surface area contributed by atoms with Crippen LogP contribution in [0.15, 0.2) is 12.1 Å². The number of amides is 2. The van der Waals surface area contributed by atoms with Crippen molar-refractivity contribution in [2.24, 2.45) is 11.8 Å². The average molecular weight is 442 g/mol. The predicted molar refractivity (Wildman–Crippen MR) is 113 cm³/mol. The summed E-state index contributed by atoms with van der Waals surface area (Å²) in [5, 5.41) is 20.2. The molecular weight excluding hydrogens is 416 g/mol. The summed E-state index contributed by atoms with van der Waals surface area (Å²) in [7, 11) is 2.84. The molecule has 2 amide bonds. The number of carbonyl (C=O) groups excluding carboxylic acids is 3. The minimum absolute atomic E-state index is 0.0118. The highest BCUT2D eigenvalue weighted by Crippen LogP contribution is 2.40. The number of ether oxygens (including phenoxy) is 3. The number of esters is 1. The second-order valence-electron chi connectivity index (χ2n) is 7.33. The molecule has 2 atom stereocenters. The molecular formula is C22H26N4O6. The average Bonchev–Trinajstić information content (AvgIpc) is 3.53. The van der Waals surface area contributed by atoms with E-state index in [4.69, 9.17) is 24.7 Å². The fourth-order valence-corrected chi connectivity index (χ4v) is 3.09. The number of nitrogens with one attached hydrogen (secondary N) is 1. The van der Waals surface area contributed by atoms with Gasteiger partial charge in [-0.1, -0.05) is 6.92 Å². The molecule has 2 rings (SSSR count). The smallest absolute Gasteiger partial charge is 0.340 e. The van der Waals surface area contributed by atoms with E-state index in [1.807, 2.05) is 19.1 Å². The second kappa shape index (κ2) is 11.6. The SMILES string of the molecule is COc1cc(NC(=O)C2CC2C)c(C(=O)OCC(=O)N(CCC#N)CCC#N)cc1OC. The number of nitrogens with zero attached hydrogens (tertiary/aromatic N) is 3. The van der Waals surface area contributed by atoms with Crippen molar-refractivity contribution < 1.29 is 28.6 Å². The molecule has 1 aliphatic carbocycles. The molecule has 32 heavy (non-hydrogen) atoms. The maximum absolute atomic E-state index is 12.8. The van der Waals surface area contributed by atoms with E-state index in [0.717, 1.165) is 6.42 Å². The molecule has 0 radical (unpaired) electrons. The fourth-order valence-electron chi connectivity index (χ4n) is 3.09. The summed E-state index contributed by atoms with van der Waals surface area (Å²) < 4.78 is 15.7. The summed E-state index contributed by atoms with van der Waals surface area (Å²) in [5.41, 5.74) is 0.202. The standard InChI is InChI=1S/C22H26N4O6/c1-14-10-15(14)21(28)25-17-12-19(31-3)18(30-2)11-16(17)22(29)32-13-20(27)26(8-4-6-23)9-5-7-24/h11-12,14-15H,4-5,8-10,13H2,1-3H3,(H,25,28). The minimum Gasteiger partial charge on any atom is -0.493 e. The first-order valence-electron chi connectivity index (χ1n) is 10.1. The third kappa shape index (κ3) is 6.35. The Morgan fingerprint density at radius 2 is 1.66 bits per heavy atom. The van der Waals surface area contributed by atoms with Crippen LogP contribution in [0.4, 0.5) is 5.69 Å². The highest BCUT2D eigenvalue weighted by Gasteiger charge is 2.39. The molecule has 1 fully saturated rings. The van der Waals surface area contributed by atoms with Crippen molar-refractivity contribution >= 4 is 23.5 Å². The largest absolute Gasteiger partial charge is 0.493 e. The van der Waals surface area contributed by atoms with Crippen molar-refractivity contribution in [3.05, 3.63) is 17.7 Å². The lowest BCUT2D eigenvalue weighted by Gasteiger charge is -2.20. The van der Waals surface area contributed by atoms with Crippen LogP contribution in [0.5, 0.6) is 11.5 Å². The number of rotatable bonds is 11. The maximum Gasteiger partial charge on any atom is 0.340 e. The van der Waals surface area contributed by atoms with Crippen molar-refractivity contribution in [3.8, 4) is 23.6 Å². The van der Waals surface area contributed by atoms with Crippen LogP contribution in [-0.4, -0.2) is 56.6 Å². The molecule has 1 saturated carbocycles. The Kier molecular flexibility index (Phi) is 8.84. The van der Waals surface area contributed by atoms with E-state index in [9.17, 15) is 14.4 Å². The number of hydrogen-bond acceptors (Lipinski definition) is 8. The van der Waals surface area contributed by atoms with Gasteiger partial charge in [0.15, 0.2) is 18.1 Å². The first kappa shape index (κ1) is 24.5. The molecule has 0 bridgehead atoms. The Bertz CT molecular complexity index is 931. The van der Waals surface area contributed by atoms with Gasteiger partial charge in [0.25, 0.3) is 5.91 Å². The van der Waals surface area contributed by atoms with Crippen molar-refractivity contribution in [2.75, 3.05) is 39.2 Å². The monoisotopic (exact) mass is 442 g/mol. The van der Waals surface area contributed by atoms with E-state index in [0.29, 0.717) is 5.75 Å². The first-order chi connectivity index (χ1) is 15.4. The highest BCUT2D eigenvalue weighted by atomic mass is 16.5. The van der Waals surface area contributed by atoms with Gasteiger partial charge in [-0.3, -0.25) is 9.59 Å². The van der Waals surface area contributed by atoms with Gasteiger partial charge < -0.3 is 24.4 Å². The molecule has 2 unspecified atom stereocenters. The van der Waals surface area contributed by atoms with E-state index in [1.165, 1.54) is 31.3 Å². The van der Waals surface area contributed by atoms with Crippen molar-refractivity contribution in [1.29, 1.82) is 10.5 Å². The first-order valence-corrected chi connectivity index (χ1v) is 10.1. The molecule has 1 N–H and O–H groups in total. The van der Waals surface area contributed by atoms with Gasteiger partial charge in [-0.2, -0.15) is 10.5 Å². The summed E-state index contributed by atoms with van der Waals surface area (Å²) in [6.07, 6.45) is 0.960. The Balaban J connectivity index is 2.17. The summed E-state index contributed by atoms with van der Waals surface area (Å²) in [5.74, 6) is -0.847. The number of methoxy groups -OCH3 is 2. The van der Waals surface area contributed by atoms with Crippen LogP contribution < -0.4 is 14.8 Å². The predicted octanol–water partition coefficient (Wildman–Crippen LogP) is 2.11. The van der Waals surface area contributed by atoms with Crippen LogP contribution in [0.1, 0.15) is 36.5 Å². The van der Waals surface area contributed by atoms with E-state index >= 15 is 0 Å². The van der Waals surface area contributed by atoms with Gasteiger partial charge in [-0.15, -0.1) is 0 Å². The van der Waals surface area contributed by atoms with Gasteiger partial charge >= 0.3 is 5.97 Å². The van der Waals surface area contributed by atoms with Crippen molar-refractivity contribution in [2.45, 2.75) is 26.2 Å². The van der Waals surface area contributed by atoms with E-state index in [2.05, 4.69) is 5.32 Å². The molecule has 0 saturated heterocycles. The third-order valence-corrected chi connectivity index (χ3v) is 5.11. The van der Waals surface area contributed by atoms with Gasteiger partial charge in [-0.25, -0.2) is 4.79 Å². The molecule has 10 heteroatoms. The van der Waals surface area contributed by atoms with E-state index in [-0.39, 0.29) is 60.7 Å². The lowest BCUT2D eigenvalue weighted by atomic mass is 10.1. The van der Waals surface area contributed by atoms with Crippen LogP contribution >= 0.6 is 0 Å². The zero-order valence-corrected chi connectivity index (χ0v) is 18.3. The number of hydrogen-bond donors (Lipinski definition) is 1. The summed E-state index contributed by atoms with van der Waals surface area (Å²) >= 11 is 0. The van der Waals surface area contributed by atoms with Crippen LogP contribution in [-0.2, 0) is 14.3 Å². The van der Waals surface area contributed by atoms with Crippen LogP contribution in [0.25, 0.3) is 0 Å². The van der Waals surface area contributed by atoms with Crippen molar-refractivity contribution in [3.63, 3.8) is 0 Å². The lowest BCUT2D eigenvalue weighted by molar-refractivity contribution is -0.134. The molecule has 0 heterocycles. The number of carbonyl (C=O) groups is 3. The van der Waals surface area contributed by atoms with E-state index in [1.54, 1.807) is 0 Å². The number of nitriles is 2. The van der Waals surface area contributed by atoms with Crippen LogP contribution in [0.2, 0.25) is 0 Å². The van der Waals surface area contributed by atoms with Gasteiger partial charge in [0.1, 0.15) is 0 Å². The summed E-state index contributed by atoms with van der Waals surface area (Å²) in [6.45, 7) is 1.65. The second-order valence-corrected chi connectivity index (χ2v) is 7.33. The Labute approximate surface area is 186 Å². The Morgan fingerprint density at radius 3 is 2.16 bits per heavy atom. The van der Waals surface area contributed by atoms with Gasteiger partial charge in [0.2, 0.25) is 5.91 Å². The van der Waals surface area contributed by atoms with E-state index < -0.39 is 18.5 Å². The fraction of sp³-hybridized carbons (Fsp3) is 0.500. The summed E-state index contributed by atoms with van der Waals surface area (Å²) in [6, 6.07) is 6.71. The molecule has 0 aliphatic heterocycles. The molecule has 10 nitrogen and oxygen atoms in total. The molecule has 170 valence electrons. The highest BCUT2D eigenvalue weighted by molar-refractivity contribution is 6.03. The molecule has 1 aromatic carbocycles. The number of anilines is 1. The van der Waals surface area contributed by atoms with Crippen molar-refractivity contribution in [1.82, 2.24) is 4.90 Å². The quantitative estimate of drug-likeness (QED) is 0.514. The Morgan fingerprint density at radius 1 is 1.09 bits per heavy atom. The number of benzene rings is 1. The van der Waals surface area contributed by atoms with Crippen LogP contribution in [0, 0.1) is 34.5 Å². The zero-order valence-electron chi connectivity index (χ0n) is 18.3. The molecule has 0 spiro atoms. The zero-order chi connectivity index (χ0) is 23.7. The van der Waals surface area contributed by atoms with Gasteiger partial charge in [0.05, 0.1) is 50.5 Å². The van der Waals surface area contributed by atoms with Crippen LogP contribution in [0.3, 0.4) is 0 Å². The Hall–Kier alpha value is -3.79. The summed E-state index contributed by atoms with van der Waals surface area (Å²) in [4.78, 5) is 38.9. The minimum atomic E-state index is -0.834. The third-order valence-electron chi connectivity index (χ3n) is 5.11. The maximum atomic E-state index is 12.8. The van der Waals surface area contributed by atoms with Gasteiger partial charge in [0, 0.05) is 31.1 Å². The molecule has 1 aromatic rings. The van der Waals surface area contributed by atoms with Gasteiger partial charge in [-0.05, 0) is 12.3 Å². The lowest BCUT2D eigenvalue weighted by Crippen LogP contribution is -2.36. The molecule has 0 aromatic heterocycles. The topological polar surface area (TPSA) is 142 Å². The molecule has 1 aliphatic rings.